The lowest BCUT2D eigenvalue weighted by Crippen LogP contribution is -2.39. The quantitative estimate of drug-likeness (QED) is 0.581. The zero-order chi connectivity index (χ0) is 17.5. The SMILES string of the molecule is CCOCC1CCN(C(=NC)NCc2ccccc2OCC2CC2)C1. The van der Waals surface area contributed by atoms with Crippen molar-refractivity contribution in [2.24, 2.45) is 16.8 Å². The van der Waals surface area contributed by atoms with Crippen LogP contribution in [0.25, 0.3) is 0 Å². The molecule has 5 heteroatoms. The van der Waals surface area contributed by atoms with Crippen LogP contribution in [0.1, 0.15) is 31.7 Å². The van der Waals surface area contributed by atoms with Crippen molar-refractivity contribution in [3.8, 4) is 5.75 Å². The molecule has 5 nitrogen and oxygen atoms in total. The smallest absolute Gasteiger partial charge is 0.193 e. The first kappa shape index (κ1) is 18.1. The molecule has 0 spiro atoms. The molecule has 1 heterocycles. The largest absolute Gasteiger partial charge is 0.493 e. The molecular formula is C20H31N3O2. The van der Waals surface area contributed by atoms with Gasteiger partial charge in [0.25, 0.3) is 0 Å². The Morgan fingerprint density at radius 1 is 1.20 bits per heavy atom. The molecule has 1 aromatic carbocycles. The Hall–Kier alpha value is -1.75. The van der Waals surface area contributed by atoms with Gasteiger partial charge in [0.15, 0.2) is 5.96 Å². The second-order valence-electron chi connectivity index (χ2n) is 7.02. The molecule has 1 aliphatic heterocycles. The van der Waals surface area contributed by atoms with Crippen LogP contribution < -0.4 is 10.1 Å². The molecule has 0 aromatic heterocycles. The summed E-state index contributed by atoms with van der Waals surface area (Å²) in [6, 6.07) is 8.30. The van der Waals surface area contributed by atoms with Crippen LogP contribution in [0.2, 0.25) is 0 Å². The van der Waals surface area contributed by atoms with E-state index in [0.717, 1.165) is 57.1 Å². The molecule has 3 rings (SSSR count). The highest BCUT2D eigenvalue weighted by atomic mass is 16.5. The van der Waals surface area contributed by atoms with Gasteiger partial charge < -0.3 is 19.7 Å². The second kappa shape index (κ2) is 9.09. The summed E-state index contributed by atoms with van der Waals surface area (Å²) in [6.45, 7) is 7.33. The highest BCUT2D eigenvalue weighted by molar-refractivity contribution is 5.80. The van der Waals surface area contributed by atoms with Crippen molar-refractivity contribution in [1.29, 1.82) is 0 Å². The lowest BCUT2D eigenvalue weighted by molar-refractivity contribution is 0.114. The van der Waals surface area contributed by atoms with E-state index in [9.17, 15) is 0 Å². The van der Waals surface area contributed by atoms with E-state index in [1.54, 1.807) is 0 Å². The standard InChI is InChI=1S/C20H31N3O2/c1-3-24-14-17-10-11-23(13-17)20(21-2)22-12-18-6-4-5-7-19(18)25-15-16-8-9-16/h4-7,16-17H,3,8-15H2,1-2H3,(H,21,22). The topological polar surface area (TPSA) is 46.1 Å². The van der Waals surface area contributed by atoms with E-state index in [1.807, 2.05) is 13.1 Å². The van der Waals surface area contributed by atoms with E-state index >= 15 is 0 Å². The lowest BCUT2D eigenvalue weighted by Gasteiger charge is -2.22. The van der Waals surface area contributed by atoms with Gasteiger partial charge in [-0.3, -0.25) is 4.99 Å². The molecule has 0 amide bonds. The van der Waals surface area contributed by atoms with Crippen LogP contribution in [0.4, 0.5) is 0 Å². The first-order chi connectivity index (χ1) is 12.3. The van der Waals surface area contributed by atoms with E-state index in [4.69, 9.17) is 9.47 Å². The molecule has 25 heavy (non-hydrogen) atoms. The number of nitrogens with zero attached hydrogens (tertiary/aromatic N) is 2. The van der Waals surface area contributed by atoms with Crippen molar-refractivity contribution in [2.45, 2.75) is 32.7 Å². The summed E-state index contributed by atoms with van der Waals surface area (Å²) in [4.78, 5) is 6.79. The zero-order valence-electron chi connectivity index (χ0n) is 15.5. The van der Waals surface area contributed by atoms with Crippen molar-refractivity contribution in [3.05, 3.63) is 29.8 Å². The molecule has 1 unspecified atom stereocenters. The second-order valence-corrected chi connectivity index (χ2v) is 7.02. The minimum Gasteiger partial charge on any atom is -0.493 e. The predicted octanol–water partition coefficient (Wildman–Crippen LogP) is 2.91. The van der Waals surface area contributed by atoms with E-state index in [2.05, 4.69) is 40.3 Å². The Morgan fingerprint density at radius 2 is 2.04 bits per heavy atom. The van der Waals surface area contributed by atoms with Crippen LogP contribution in [0, 0.1) is 11.8 Å². The summed E-state index contributed by atoms with van der Waals surface area (Å²) in [5.41, 5.74) is 1.19. The van der Waals surface area contributed by atoms with Gasteiger partial charge in [-0.05, 0) is 38.2 Å². The van der Waals surface area contributed by atoms with Gasteiger partial charge in [0, 0.05) is 44.8 Å². The molecule has 0 bridgehead atoms. The fraction of sp³-hybridized carbons (Fsp3) is 0.650. The summed E-state index contributed by atoms with van der Waals surface area (Å²) in [5.74, 6) is 3.33. The van der Waals surface area contributed by atoms with Crippen LogP contribution >= 0.6 is 0 Å². The molecule has 1 atom stereocenters. The average molecular weight is 345 g/mol. The number of guanidine groups is 1. The first-order valence-electron chi connectivity index (χ1n) is 9.54. The summed E-state index contributed by atoms with van der Waals surface area (Å²) >= 11 is 0. The van der Waals surface area contributed by atoms with Gasteiger partial charge >= 0.3 is 0 Å². The maximum absolute atomic E-state index is 6.00. The first-order valence-corrected chi connectivity index (χ1v) is 9.54. The summed E-state index contributed by atoms with van der Waals surface area (Å²) in [6.07, 6.45) is 3.79. The summed E-state index contributed by atoms with van der Waals surface area (Å²) in [5, 5.41) is 3.50. The molecule has 1 saturated carbocycles. The fourth-order valence-electron chi connectivity index (χ4n) is 3.23. The van der Waals surface area contributed by atoms with Gasteiger partial charge in [-0.2, -0.15) is 0 Å². The molecule has 1 N–H and O–H groups in total. The minimum absolute atomic E-state index is 0.604. The number of benzene rings is 1. The van der Waals surface area contributed by atoms with Gasteiger partial charge in [0.05, 0.1) is 13.2 Å². The molecule has 2 fully saturated rings. The monoisotopic (exact) mass is 345 g/mol. The number of ether oxygens (including phenoxy) is 2. The number of hydrogen-bond donors (Lipinski definition) is 1. The highest BCUT2D eigenvalue weighted by Gasteiger charge is 2.25. The van der Waals surface area contributed by atoms with Gasteiger partial charge in [-0.15, -0.1) is 0 Å². The van der Waals surface area contributed by atoms with Crippen molar-refractivity contribution in [2.75, 3.05) is 40.0 Å². The number of likely N-dealkylation sites (tertiary alicyclic amines) is 1. The molecule has 0 radical (unpaired) electrons. The van der Waals surface area contributed by atoms with Gasteiger partial charge in [0.1, 0.15) is 5.75 Å². The van der Waals surface area contributed by atoms with Crippen LogP contribution in [-0.2, 0) is 11.3 Å². The van der Waals surface area contributed by atoms with Crippen LogP contribution in [0.5, 0.6) is 5.75 Å². The van der Waals surface area contributed by atoms with E-state index in [1.165, 1.54) is 24.8 Å². The van der Waals surface area contributed by atoms with Crippen molar-refractivity contribution in [3.63, 3.8) is 0 Å². The van der Waals surface area contributed by atoms with Crippen molar-refractivity contribution >= 4 is 5.96 Å². The number of aliphatic imine (C=N–C) groups is 1. The van der Waals surface area contributed by atoms with Gasteiger partial charge in [0.2, 0.25) is 0 Å². The predicted molar refractivity (Wildman–Crippen MR) is 101 cm³/mol. The molecule has 1 aliphatic carbocycles. The number of para-hydroxylation sites is 1. The van der Waals surface area contributed by atoms with E-state index < -0.39 is 0 Å². The normalized spacial score (nSPS) is 20.8. The molecule has 2 aliphatic rings. The Balaban J connectivity index is 1.51. The summed E-state index contributed by atoms with van der Waals surface area (Å²) < 4.78 is 11.6. The van der Waals surface area contributed by atoms with Gasteiger partial charge in [-0.1, -0.05) is 18.2 Å². The van der Waals surface area contributed by atoms with Crippen molar-refractivity contribution in [1.82, 2.24) is 10.2 Å². The average Bonchev–Trinajstić information content (AvgIpc) is 3.36. The fourth-order valence-corrected chi connectivity index (χ4v) is 3.23. The van der Waals surface area contributed by atoms with Crippen LogP contribution in [0.15, 0.2) is 29.3 Å². The maximum atomic E-state index is 6.00. The Labute approximate surface area is 151 Å². The molecule has 138 valence electrons. The number of nitrogens with one attached hydrogen (secondary N) is 1. The van der Waals surface area contributed by atoms with Crippen LogP contribution in [-0.4, -0.2) is 50.8 Å². The zero-order valence-corrected chi connectivity index (χ0v) is 15.5. The summed E-state index contributed by atoms with van der Waals surface area (Å²) in [7, 11) is 1.85. The van der Waals surface area contributed by atoms with E-state index in [-0.39, 0.29) is 0 Å². The molecule has 1 saturated heterocycles. The number of hydrogen-bond acceptors (Lipinski definition) is 3. The third-order valence-electron chi connectivity index (χ3n) is 4.94. The highest BCUT2D eigenvalue weighted by Crippen LogP contribution is 2.30. The third-order valence-corrected chi connectivity index (χ3v) is 4.94. The van der Waals surface area contributed by atoms with Crippen molar-refractivity contribution < 1.29 is 9.47 Å². The third kappa shape index (κ3) is 5.36. The Bertz CT molecular complexity index is 572. The molecular weight excluding hydrogens is 314 g/mol. The lowest BCUT2D eigenvalue weighted by atomic mass is 10.1. The van der Waals surface area contributed by atoms with E-state index in [0.29, 0.717) is 5.92 Å². The Kier molecular flexibility index (Phi) is 6.56. The number of rotatable bonds is 8. The van der Waals surface area contributed by atoms with Gasteiger partial charge in [-0.25, -0.2) is 0 Å². The van der Waals surface area contributed by atoms with Crippen LogP contribution in [0.3, 0.4) is 0 Å². The molecule has 1 aromatic rings. The minimum atomic E-state index is 0.604. The maximum Gasteiger partial charge on any atom is 0.193 e. The Morgan fingerprint density at radius 3 is 2.80 bits per heavy atom.